The minimum absolute atomic E-state index is 0.0534. The molecule has 1 heterocycles. The van der Waals surface area contributed by atoms with E-state index in [4.69, 9.17) is 0 Å². The van der Waals surface area contributed by atoms with Crippen LogP contribution < -0.4 is 5.32 Å². The van der Waals surface area contributed by atoms with E-state index in [1.54, 1.807) is 16.2 Å². The molecular weight excluding hydrogens is 370 g/mol. The zero-order valence-electron chi connectivity index (χ0n) is 17.4. The van der Waals surface area contributed by atoms with Gasteiger partial charge in [-0.3, -0.25) is 4.79 Å². The number of urea groups is 1. The van der Waals surface area contributed by atoms with E-state index < -0.39 is 0 Å². The number of hydrogen-bond donors (Lipinski definition) is 1. The van der Waals surface area contributed by atoms with Crippen molar-refractivity contribution in [2.24, 2.45) is 0 Å². The van der Waals surface area contributed by atoms with Crippen molar-refractivity contribution in [2.45, 2.75) is 59.3 Å². The Morgan fingerprint density at radius 3 is 2.25 bits per heavy atom. The molecule has 0 atom stereocenters. The maximum atomic E-state index is 13.2. The molecule has 3 amide bonds. The lowest BCUT2D eigenvalue weighted by atomic mass is 10.1. The van der Waals surface area contributed by atoms with Crippen LogP contribution in [0.25, 0.3) is 0 Å². The van der Waals surface area contributed by atoms with Crippen LogP contribution in [0, 0.1) is 0 Å². The fourth-order valence-corrected chi connectivity index (χ4v) is 3.47. The molecule has 1 N–H and O–H groups in total. The Kier molecular flexibility index (Phi) is 7.63. The van der Waals surface area contributed by atoms with Crippen LogP contribution in [0.4, 0.5) is 4.79 Å². The summed E-state index contributed by atoms with van der Waals surface area (Å²) >= 11 is 1.63. The molecule has 5 nitrogen and oxygen atoms in total. The van der Waals surface area contributed by atoms with E-state index in [0.717, 1.165) is 10.4 Å². The monoisotopic (exact) mass is 401 g/mol. The summed E-state index contributed by atoms with van der Waals surface area (Å²) < 4.78 is 0. The lowest BCUT2D eigenvalue weighted by Crippen LogP contribution is -2.53. The second-order valence-electron chi connectivity index (χ2n) is 8.22. The highest BCUT2D eigenvalue weighted by Crippen LogP contribution is 2.16. The molecule has 0 aliphatic rings. The van der Waals surface area contributed by atoms with Crippen LogP contribution in [0.5, 0.6) is 0 Å². The first-order valence-corrected chi connectivity index (χ1v) is 10.5. The van der Waals surface area contributed by atoms with Gasteiger partial charge in [-0.15, -0.1) is 11.3 Å². The van der Waals surface area contributed by atoms with Gasteiger partial charge in [0.05, 0.1) is 6.54 Å². The van der Waals surface area contributed by atoms with Crippen LogP contribution in [0.15, 0.2) is 47.8 Å². The van der Waals surface area contributed by atoms with Gasteiger partial charge in [-0.25, -0.2) is 4.79 Å². The molecule has 152 valence electrons. The molecule has 2 aromatic rings. The number of carbonyl (C=O) groups is 2. The van der Waals surface area contributed by atoms with E-state index in [9.17, 15) is 9.59 Å². The Morgan fingerprint density at radius 2 is 1.71 bits per heavy atom. The van der Waals surface area contributed by atoms with Crippen LogP contribution in [-0.2, 0) is 17.9 Å². The van der Waals surface area contributed by atoms with Gasteiger partial charge < -0.3 is 15.1 Å². The Labute approximate surface area is 172 Å². The molecular formula is C22H31N3O2S. The molecule has 1 aromatic carbocycles. The maximum absolute atomic E-state index is 13.2. The molecule has 0 aliphatic carbocycles. The van der Waals surface area contributed by atoms with Crippen LogP contribution in [0.3, 0.4) is 0 Å². The van der Waals surface area contributed by atoms with E-state index in [-0.39, 0.29) is 30.1 Å². The smallest absolute Gasteiger partial charge is 0.318 e. The lowest BCUT2D eigenvalue weighted by molar-refractivity contribution is -0.133. The maximum Gasteiger partial charge on any atom is 0.318 e. The third-order valence-electron chi connectivity index (χ3n) is 4.17. The predicted molar refractivity (Wildman–Crippen MR) is 115 cm³/mol. The predicted octanol–water partition coefficient (Wildman–Crippen LogP) is 4.50. The second-order valence-corrected chi connectivity index (χ2v) is 9.25. The molecule has 0 radical (unpaired) electrons. The Hall–Kier alpha value is -2.34. The number of hydrogen-bond acceptors (Lipinski definition) is 3. The van der Waals surface area contributed by atoms with Gasteiger partial charge in [0.25, 0.3) is 0 Å². The van der Waals surface area contributed by atoms with Crippen LogP contribution in [0.1, 0.15) is 45.1 Å². The molecule has 1 aromatic heterocycles. The van der Waals surface area contributed by atoms with E-state index in [0.29, 0.717) is 13.1 Å². The van der Waals surface area contributed by atoms with E-state index in [1.807, 2.05) is 87.4 Å². The van der Waals surface area contributed by atoms with E-state index in [2.05, 4.69) is 5.32 Å². The first-order valence-electron chi connectivity index (χ1n) is 9.58. The highest BCUT2D eigenvalue weighted by molar-refractivity contribution is 7.09. The van der Waals surface area contributed by atoms with Gasteiger partial charge in [0.15, 0.2) is 0 Å². The largest absolute Gasteiger partial charge is 0.333 e. The van der Waals surface area contributed by atoms with Gasteiger partial charge in [-0.1, -0.05) is 36.4 Å². The van der Waals surface area contributed by atoms with E-state index in [1.165, 1.54) is 0 Å². The summed E-state index contributed by atoms with van der Waals surface area (Å²) in [4.78, 5) is 30.4. The van der Waals surface area contributed by atoms with Crippen LogP contribution in [-0.4, -0.2) is 39.9 Å². The molecule has 0 unspecified atom stereocenters. The fourth-order valence-electron chi connectivity index (χ4n) is 2.75. The number of nitrogens with one attached hydrogen (secondary N) is 1. The molecule has 0 fully saturated rings. The number of benzene rings is 1. The van der Waals surface area contributed by atoms with Crippen LogP contribution >= 0.6 is 11.3 Å². The van der Waals surface area contributed by atoms with Gasteiger partial charge in [0.1, 0.15) is 6.54 Å². The summed E-state index contributed by atoms with van der Waals surface area (Å²) in [5, 5.41) is 4.97. The zero-order chi connectivity index (χ0) is 20.7. The molecule has 28 heavy (non-hydrogen) atoms. The van der Waals surface area contributed by atoms with Gasteiger partial charge in [-0.2, -0.15) is 0 Å². The summed E-state index contributed by atoms with van der Waals surface area (Å²) in [7, 11) is 0. The van der Waals surface area contributed by atoms with Gasteiger partial charge in [-0.05, 0) is 51.6 Å². The third-order valence-corrected chi connectivity index (χ3v) is 5.03. The highest BCUT2D eigenvalue weighted by atomic mass is 32.1. The summed E-state index contributed by atoms with van der Waals surface area (Å²) in [5.74, 6) is -0.0602. The molecule has 0 bridgehead atoms. The molecule has 0 spiro atoms. The first-order chi connectivity index (χ1) is 13.2. The molecule has 0 saturated heterocycles. The minimum Gasteiger partial charge on any atom is -0.333 e. The quantitative estimate of drug-likeness (QED) is 0.743. The number of rotatable bonds is 7. The number of carbonyl (C=O) groups excluding carboxylic acids is 2. The topological polar surface area (TPSA) is 52.7 Å². The van der Waals surface area contributed by atoms with Crippen molar-refractivity contribution in [2.75, 3.05) is 6.54 Å². The first kappa shape index (κ1) is 22.0. The Bertz CT molecular complexity index is 752. The molecule has 0 aliphatic heterocycles. The zero-order valence-corrected chi connectivity index (χ0v) is 18.3. The Morgan fingerprint density at radius 1 is 1.04 bits per heavy atom. The summed E-state index contributed by atoms with van der Waals surface area (Å²) in [6.45, 7) is 10.8. The summed E-state index contributed by atoms with van der Waals surface area (Å²) in [6.07, 6.45) is 0. The lowest BCUT2D eigenvalue weighted by Gasteiger charge is -2.32. The van der Waals surface area contributed by atoms with Crippen molar-refractivity contribution in [3.05, 3.63) is 58.3 Å². The standard InChI is InChI=1S/C22H31N3O2S/c1-17(2)25(21(27)23-22(3,4)5)16-20(26)24(15-19-12-9-13-28-19)14-18-10-7-6-8-11-18/h6-13,17H,14-16H2,1-5H3,(H,23,27). The minimum atomic E-state index is -0.353. The van der Waals surface area contributed by atoms with Crippen LogP contribution in [0.2, 0.25) is 0 Å². The van der Waals surface area contributed by atoms with Crippen molar-refractivity contribution in [1.29, 1.82) is 0 Å². The van der Waals surface area contributed by atoms with Gasteiger partial charge in [0.2, 0.25) is 5.91 Å². The molecule has 6 heteroatoms. The average Bonchev–Trinajstić information content (AvgIpc) is 3.11. The summed E-state index contributed by atoms with van der Waals surface area (Å²) in [5.41, 5.74) is 0.719. The number of thiophene rings is 1. The number of amides is 3. The fraction of sp³-hybridized carbons (Fsp3) is 0.455. The van der Waals surface area contributed by atoms with Gasteiger partial charge in [0, 0.05) is 23.0 Å². The molecule has 0 saturated carbocycles. The highest BCUT2D eigenvalue weighted by Gasteiger charge is 2.26. The van der Waals surface area contributed by atoms with Crippen molar-refractivity contribution < 1.29 is 9.59 Å². The normalized spacial score (nSPS) is 11.4. The second kappa shape index (κ2) is 9.73. The average molecular weight is 402 g/mol. The van der Waals surface area contributed by atoms with Crippen molar-refractivity contribution in [1.82, 2.24) is 15.1 Å². The SMILES string of the molecule is CC(C)N(CC(=O)N(Cc1ccccc1)Cc1cccs1)C(=O)NC(C)(C)C. The van der Waals surface area contributed by atoms with Crippen molar-refractivity contribution >= 4 is 23.3 Å². The number of nitrogens with zero attached hydrogens (tertiary/aromatic N) is 2. The third kappa shape index (κ3) is 7.00. The van der Waals surface area contributed by atoms with E-state index >= 15 is 0 Å². The van der Waals surface area contributed by atoms with Crippen molar-refractivity contribution in [3.8, 4) is 0 Å². The van der Waals surface area contributed by atoms with Crippen molar-refractivity contribution in [3.63, 3.8) is 0 Å². The Balaban J connectivity index is 2.15. The van der Waals surface area contributed by atoms with Gasteiger partial charge >= 0.3 is 6.03 Å². The summed E-state index contributed by atoms with van der Waals surface area (Å²) in [6, 6.07) is 13.7. The molecule has 2 rings (SSSR count).